The van der Waals surface area contributed by atoms with Crippen molar-refractivity contribution in [2.24, 2.45) is 0 Å². The summed E-state index contributed by atoms with van der Waals surface area (Å²) < 4.78 is 28.9. The van der Waals surface area contributed by atoms with Gasteiger partial charge in [-0.2, -0.15) is 0 Å². The van der Waals surface area contributed by atoms with Crippen LogP contribution in [0.3, 0.4) is 0 Å². The number of para-hydroxylation sites is 2. The molecule has 2 N–H and O–H groups in total. The van der Waals surface area contributed by atoms with Gasteiger partial charge >= 0.3 is 0 Å². The average molecular weight is 401 g/mol. The van der Waals surface area contributed by atoms with Crippen molar-refractivity contribution in [2.45, 2.75) is 38.8 Å². The van der Waals surface area contributed by atoms with E-state index in [0.29, 0.717) is 11.1 Å². The second kappa shape index (κ2) is 8.12. The number of hydrogen-bond donors (Lipinski definition) is 2. The van der Waals surface area contributed by atoms with Gasteiger partial charge in [0.15, 0.2) is 0 Å². The SMILES string of the molecule is CCNS(=O)(=O)c1ccc(C)c(C(=O)NCc2nc3ccccc3n2CC)c1. The molecular weight excluding hydrogens is 376 g/mol. The maximum Gasteiger partial charge on any atom is 0.251 e. The molecule has 0 spiro atoms. The largest absolute Gasteiger partial charge is 0.345 e. The lowest BCUT2D eigenvalue weighted by Crippen LogP contribution is -2.27. The zero-order valence-corrected chi connectivity index (χ0v) is 17.0. The molecule has 148 valence electrons. The quantitative estimate of drug-likeness (QED) is 0.637. The van der Waals surface area contributed by atoms with Crippen molar-refractivity contribution in [2.75, 3.05) is 6.54 Å². The van der Waals surface area contributed by atoms with E-state index in [1.807, 2.05) is 31.2 Å². The van der Waals surface area contributed by atoms with Crippen LogP contribution in [0.2, 0.25) is 0 Å². The van der Waals surface area contributed by atoms with Crippen molar-refractivity contribution in [3.05, 3.63) is 59.4 Å². The minimum atomic E-state index is -3.62. The summed E-state index contributed by atoms with van der Waals surface area (Å²) in [7, 11) is -3.62. The normalized spacial score (nSPS) is 11.7. The Hall–Kier alpha value is -2.71. The van der Waals surface area contributed by atoms with Crippen LogP contribution in [0.4, 0.5) is 0 Å². The van der Waals surface area contributed by atoms with E-state index < -0.39 is 10.0 Å². The molecule has 0 unspecified atom stereocenters. The van der Waals surface area contributed by atoms with Crippen LogP contribution in [0.15, 0.2) is 47.4 Å². The zero-order valence-electron chi connectivity index (χ0n) is 16.2. The number of aryl methyl sites for hydroxylation is 2. The first-order valence-corrected chi connectivity index (χ1v) is 10.7. The van der Waals surface area contributed by atoms with Crippen molar-refractivity contribution < 1.29 is 13.2 Å². The lowest BCUT2D eigenvalue weighted by Gasteiger charge is -2.11. The van der Waals surface area contributed by atoms with Gasteiger partial charge in [0.2, 0.25) is 10.0 Å². The lowest BCUT2D eigenvalue weighted by molar-refractivity contribution is 0.0948. The molecule has 28 heavy (non-hydrogen) atoms. The fourth-order valence-electron chi connectivity index (χ4n) is 3.15. The van der Waals surface area contributed by atoms with Crippen LogP contribution in [0, 0.1) is 6.92 Å². The minimum Gasteiger partial charge on any atom is -0.345 e. The third-order valence-corrected chi connectivity index (χ3v) is 6.10. The van der Waals surface area contributed by atoms with Gasteiger partial charge in [-0.25, -0.2) is 18.1 Å². The lowest BCUT2D eigenvalue weighted by atomic mass is 10.1. The Bertz CT molecular complexity index is 1120. The predicted octanol–water partition coefficient (Wildman–Crippen LogP) is 2.59. The highest BCUT2D eigenvalue weighted by molar-refractivity contribution is 7.89. The van der Waals surface area contributed by atoms with Crippen LogP contribution in [-0.2, 0) is 23.1 Å². The van der Waals surface area contributed by atoms with E-state index in [1.54, 1.807) is 19.9 Å². The first kappa shape index (κ1) is 20.0. The number of benzene rings is 2. The average Bonchev–Trinajstić information content (AvgIpc) is 3.03. The molecule has 3 rings (SSSR count). The number of imidazole rings is 1. The number of amides is 1. The Labute approximate surface area is 164 Å². The summed E-state index contributed by atoms with van der Waals surface area (Å²) >= 11 is 0. The van der Waals surface area contributed by atoms with E-state index >= 15 is 0 Å². The van der Waals surface area contributed by atoms with Crippen molar-refractivity contribution in [3.8, 4) is 0 Å². The van der Waals surface area contributed by atoms with Crippen molar-refractivity contribution in [1.29, 1.82) is 0 Å². The molecule has 0 aliphatic heterocycles. The Morgan fingerprint density at radius 2 is 1.89 bits per heavy atom. The first-order valence-electron chi connectivity index (χ1n) is 9.20. The summed E-state index contributed by atoms with van der Waals surface area (Å²) in [5, 5.41) is 2.86. The van der Waals surface area contributed by atoms with E-state index in [1.165, 1.54) is 12.1 Å². The maximum absolute atomic E-state index is 12.7. The molecule has 0 fully saturated rings. The summed E-state index contributed by atoms with van der Waals surface area (Å²) in [6.07, 6.45) is 0. The molecule has 1 aromatic heterocycles. The second-order valence-electron chi connectivity index (χ2n) is 6.42. The van der Waals surface area contributed by atoms with Gasteiger partial charge in [-0.15, -0.1) is 0 Å². The monoisotopic (exact) mass is 400 g/mol. The predicted molar refractivity (Wildman–Crippen MR) is 109 cm³/mol. The van der Waals surface area contributed by atoms with Gasteiger partial charge in [0.1, 0.15) is 5.82 Å². The van der Waals surface area contributed by atoms with Gasteiger partial charge < -0.3 is 9.88 Å². The summed E-state index contributed by atoms with van der Waals surface area (Å²) in [6.45, 7) is 6.79. The third kappa shape index (κ3) is 3.93. The van der Waals surface area contributed by atoms with Gasteiger partial charge in [-0.05, 0) is 43.7 Å². The molecule has 0 saturated heterocycles. The fourth-order valence-corrected chi connectivity index (χ4v) is 4.22. The number of hydrogen-bond acceptors (Lipinski definition) is 4. The second-order valence-corrected chi connectivity index (χ2v) is 8.19. The number of aromatic nitrogens is 2. The zero-order chi connectivity index (χ0) is 20.3. The first-order chi connectivity index (χ1) is 13.4. The van der Waals surface area contributed by atoms with Crippen LogP contribution in [-0.4, -0.2) is 30.4 Å². The summed E-state index contributed by atoms with van der Waals surface area (Å²) in [6, 6.07) is 12.4. The third-order valence-electron chi connectivity index (χ3n) is 4.56. The van der Waals surface area contributed by atoms with Crippen molar-refractivity contribution in [1.82, 2.24) is 19.6 Å². The van der Waals surface area contributed by atoms with E-state index in [9.17, 15) is 13.2 Å². The van der Waals surface area contributed by atoms with Crippen LogP contribution >= 0.6 is 0 Å². The number of fused-ring (bicyclic) bond motifs is 1. The Kier molecular flexibility index (Phi) is 5.81. The number of sulfonamides is 1. The number of carbonyl (C=O) groups excluding carboxylic acids is 1. The molecule has 2 aromatic carbocycles. The number of carbonyl (C=O) groups is 1. The molecule has 0 radical (unpaired) electrons. The van der Waals surface area contributed by atoms with Crippen molar-refractivity contribution in [3.63, 3.8) is 0 Å². The highest BCUT2D eigenvalue weighted by Gasteiger charge is 2.18. The molecule has 3 aromatic rings. The molecule has 0 saturated carbocycles. The minimum absolute atomic E-state index is 0.0749. The summed E-state index contributed by atoms with van der Waals surface area (Å²) in [5.74, 6) is 0.423. The highest BCUT2D eigenvalue weighted by Crippen LogP contribution is 2.18. The smallest absolute Gasteiger partial charge is 0.251 e. The number of nitrogens with one attached hydrogen (secondary N) is 2. The topological polar surface area (TPSA) is 93.1 Å². The Morgan fingerprint density at radius 3 is 2.61 bits per heavy atom. The van der Waals surface area contributed by atoms with Gasteiger partial charge in [0.25, 0.3) is 5.91 Å². The van der Waals surface area contributed by atoms with E-state index in [2.05, 4.69) is 19.6 Å². The van der Waals surface area contributed by atoms with E-state index in [-0.39, 0.29) is 23.9 Å². The molecule has 7 nitrogen and oxygen atoms in total. The summed E-state index contributed by atoms with van der Waals surface area (Å²) in [5.41, 5.74) is 2.93. The van der Waals surface area contributed by atoms with Gasteiger partial charge in [-0.3, -0.25) is 4.79 Å². The summed E-state index contributed by atoms with van der Waals surface area (Å²) in [4.78, 5) is 17.4. The fraction of sp³-hybridized carbons (Fsp3) is 0.300. The molecular formula is C20H24N4O3S. The van der Waals surface area contributed by atoms with Crippen LogP contribution in [0.25, 0.3) is 11.0 Å². The van der Waals surface area contributed by atoms with Gasteiger partial charge in [0, 0.05) is 18.7 Å². The Balaban J connectivity index is 1.84. The molecule has 0 bridgehead atoms. The molecule has 0 atom stereocenters. The molecule has 0 aliphatic rings. The maximum atomic E-state index is 12.7. The standard InChI is InChI=1S/C20H24N4O3S/c1-4-22-28(26,27)15-11-10-14(3)16(12-15)20(25)21-13-19-23-17-8-6-7-9-18(17)24(19)5-2/h6-12,22H,4-5,13H2,1-3H3,(H,21,25). The molecule has 8 heteroatoms. The molecule has 1 amide bonds. The number of rotatable bonds is 7. The van der Waals surface area contributed by atoms with Crippen LogP contribution in [0.5, 0.6) is 0 Å². The number of nitrogens with zero attached hydrogens (tertiary/aromatic N) is 2. The Morgan fingerprint density at radius 1 is 1.14 bits per heavy atom. The van der Waals surface area contributed by atoms with Crippen LogP contribution in [0.1, 0.15) is 35.6 Å². The van der Waals surface area contributed by atoms with E-state index in [0.717, 1.165) is 23.4 Å². The molecule has 0 aliphatic carbocycles. The highest BCUT2D eigenvalue weighted by atomic mass is 32.2. The van der Waals surface area contributed by atoms with Crippen molar-refractivity contribution >= 4 is 27.0 Å². The van der Waals surface area contributed by atoms with Gasteiger partial charge in [-0.1, -0.05) is 25.1 Å². The van der Waals surface area contributed by atoms with E-state index in [4.69, 9.17) is 0 Å². The van der Waals surface area contributed by atoms with Gasteiger partial charge in [0.05, 0.1) is 22.5 Å². The molecule has 1 heterocycles. The van der Waals surface area contributed by atoms with Crippen LogP contribution < -0.4 is 10.0 Å².